The molecule has 8 nitrogen and oxygen atoms in total. The summed E-state index contributed by atoms with van der Waals surface area (Å²) >= 11 is 0. The third-order valence-electron chi connectivity index (χ3n) is 1.80. The smallest absolute Gasteiger partial charge is 0.242 e. The van der Waals surface area contributed by atoms with Gasteiger partial charge in [0.25, 0.3) is 0 Å². The van der Waals surface area contributed by atoms with Crippen LogP contribution in [0.4, 0.5) is 4.39 Å². The van der Waals surface area contributed by atoms with Crippen molar-refractivity contribution in [2.45, 2.75) is 11.4 Å². The molecule has 0 amide bonds. The van der Waals surface area contributed by atoms with Crippen LogP contribution < -0.4 is 4.72 Å². The minimum absolute atomic E-state index is 0.144. The molecule has 2 aromatic heterocycles. The van der Waals surface area contributed by atoms with E-state index in [1.54, 1.807) is 0 Å². The number of aromatic amines is 1. The fourth-order valence-electron chi connectivity index (χ4n) is 1.04. The van der Waals surface area contributed by atoms with Crippen molar-refractivity contribution in [1.29, 1.82) is 0 Å². The monoisotopic (exact) mass is 258 g/mol. The van der Waals surface area contributed by atoms with Crippen molar-refractivity contribution >= 4 is 10.0 Å². The topological polar surface area (TPSA) is 114 Å². The average Bonchev–Trinajstić information content (AvgIpc) is 2.79. The predicted molar refractivity (Wildman–Crippen MR) is 52.4 cm³/mol. The molecule has 0 aliphatic rings. The van der Waals surface area contributed by atoms with Gasteiger partial charge in [0, 0.05) is 6.20 Å². The number of sulfonamides is 1. The van der Waals surface area contributed by atoms with Gasteiger partial charge in [-0.1, -0.05) is 5.21 Å². The van der Waals surface area contributed by atoms with Crippen molar-refractivity contribution in [3.05, 3.63) is 30.1 Å². The van der Waals surface area contributed by atoms with Crippen molar-refractivity contribution in [2.24, 2.45) is 0 Å². The highest BCUT2D eigenvalue weighted by atomic mass is 32.2. The van der Waals surface area contributed by atoms with Crippen molar-refractivity contribution in [1.82, 2.24) is 30.3 Å². The summed E-state index contributed by atoms with van der Waals surface area (Å²) in [6.07, 6.45) is 1.96. The van der Waals surface area contributed by atoms with E-state index in [4.69, 9.17) is 0 Å². The molecule has 0 saturated carbocycles. The second-order valence-electron chi connectivity index (χ2n) is 2.99. The quantitative estimate of drug-likeness (QED) is 0.743. The van der Waals surface area contributed by atoms with Crippen molar-refractivity contribution in [3.8, 4) is 0 Å². The molecule has 10 heteroatoms. The molecule has 0 bridgehead atoms. The van der Waals surface area contributed by atoms with Crippen LogP contribution in [-0.2, 0) is 16.6 Å². The van der Waals surface area contributed by atoms with E-state index < -0.39 is 15.8 Å². The van der Waals surface area contributed by atoms with Crippen LogP contribution >= 0.6 is 0 Å². The molecule has 0 fully saturated rings. The summed E-state index contributed by atoms with van der Waals surface area (Å²) in [6, 6.07) is 0.867. The van der Waals surface area contributed by atoms with E-state index in [0.717, 1.165) is 18.5 Å². The molecular formula is C7H7FN6O2S. The fourth-order valence-corrected chi connectivity index (χ4v) is 1.99. The number of hydrogen-bond donors (Lipinski definition) is 2. The zero-order valence-corrected chi connectivity index (χ0v) is 9.15. The lowest BCUT2D eigenvalue weighted by molar-refractivity contribution is 0.573. The zero-order valence-electron chi connectivity index (χ0n) is 8.33. The van der Waals surface area contributed by atoms with Gasteiger partial charge >= 0.3 is 0 Å². The SMILES string of the molecule is O=S(=O)(NCc1nn[nH]n1)c1cncc(F)c1. The largest absolute Gasteiger partial charge is 0.260 e. The summed E-state index contributed by atoms with van der Waals surface area (Å²) in [5.74, 6) is -0.551. The summed E-state index contributed by atoms with van der Waals surface area (Å²) < 4.78 is 38.4. The molecule has 0 unspecified atom stereocenters. The Morgan fingerprint density at radius 1 is 1.41 bits per heavy atom. The van der Waals surface area contributed by atoms with Crippen molar-refractivity contribution in [3.63, 3.8) is 0 Å². The van der Waals surface area contributed by atoms with Gasteiger partial charge in [0.05, 0.1) is 12.7 Å². The Hall–Kier alpha value is -1.94. The molecule has 0 radical (unpaired) electrons. The van der Waals surface area contributed by atoms with Crippen LogP contribution in [0.1, 0.15) is 5.82 Å². The number of H-pyrrole nitrogens is 1. The lowest BCUT2D eigenvalue weighted by atomic mass is 10.5. The molecule has 2 aromatic rings. The maximum atomic E-state index is 12.8. The van der Waals surface area contributed by atoms with Gasteiger partial charge in [-0.25, -0.2) is 17.5 Å². The third kappa shape index (κ3) is 2.79. The van der Waals surface area contributed by atoms with Crippen molar-refractivity contribution in [2.75, 3.05) is 0 Å². The van der Waals surface area contributed by atoms with Crippen LogP contribution in [0, 0.1) is 5.82 Å². The van der Waals surface area contributed by atoms with E-state index in [-0.39, 0.29) is 17.3 Å². The molecule has 17 heavy (non-hydrogen) atoms. The Balaban J connectivity index is 2.14. The lowest BCUT2D eigenvalue weighted by Gasteiger charge is -2.03. The molecule has 2 heterocycles. The van der Waals surface area contributed by atoms with E-state index in [9.17, 15) is 12.8 Å². The molecule has 2 rings (SSSR count). The second-order valence-corrected chi connectivity index (χ2v) is 4.76. The van der Waals surface area contributed by atoms with Crippen LogP contribution in [0.3, 0.4) is 0 Å². The molecule has 0 aromatic carbocycles. The average molecular weight is 258 g/mol. The van der Waals surface area contributed by atoms with E-state index in [0.29, 0.717) is 0 Å². The zero-order chi connectivity index (χ0) is 12.3. The molecular weight excluding hydrogens is 251 g/mol. The third-order valence-corrected chi connectivity index (χ3v) is 3.17. The normalized spacial score (nSPS) is 11.6. The van der Waals surface area contributed by atoms with Gasteiger partial charge in [-0.2, -0.15) is 5.21 Å². The highest BCUT2D eigenvalue weighted by Gasteiger charge is 2.15. The van der Waals surface area contributed by atoms with E-state index in [2.05, 4.69) is 30.3 Å². The number of aromatic nitrogens is 5. The van der Waals surface area contributed by atoms with Gasteiger partial charge in [0.15, 0.2) is 5.82 Å². The number of hydrogen-bond acceptors (Lipinski definition) is 6. The van der Waals surface area contributed by atoms with Gasteiger partial charge in [-0.3, -0.25) is 4.98 Å². The van der Waals surface area contributed by atoms with Crippen LogP contribution in [0.5, 0.6) is 0 Å². The summed E-state index contributed by atoms with van der Waals surface area (Å²) in [5, 5.41) is 12.6. The molecule has 0 atom stereocenters. The van der Waals surface area contributed by atoms with E-state index >= 15 is 0 Å². The highest BCUT2D eigenvalue weighted by Crippen LogP contribution is 2.08. The molecule has 0 spiro atoms. The molecule has 90 valence electrons. The van der Waals surface area contributed by atoms with Gasteiger partial charge in [0.2, 0.25) is 10.0 Å². The van der Waals surface area contributed by atoms with Crippen LogP contribution in [-0.4, -0.2) is 34.0 Å². The van der Waals surface area contributed by atoms with Crippen molar-refractivity contribution < 1.29 is 12.8 Å². The Bertz CT molecular complexity index is 599. The second kappa shape index (κ2) is 4.51. The first-order valence-electron chi connectivity index (χ1n) is 4.40. The van der Waals surface area contributed by atoms with Gasteiger partial charge in [-0.05, 0) is 6.07 Å². The summed E-state index contributed by atoms with van der Waals surface area (Å²) in [6.45, 7) is -0.144. The number of rotatable bonds is 4. The number of nitrogens with zero attached hydrogens (tertiary/aromatic N) is 4. The predicted octanol–water partition coefficient (Wildman–Crippen LogP) is -0.788. The highest BCUT2D eigenvalue weighted by molar-refractivity contribution is 7.89. The minimum atomic E-state index is -3.83. The maximum absolute atomic E-state index is 12.8. The standard InChI is InChI=1S/C7H7FN6O2S/c8-5-1-6(3-9-2-5)17(15,16)10-4-7-11-13-14-12-7/h1-3,10H,4H2,(H,11,12,13,14). The molecule has 2 N–H and O–H groups in total. The van der Waals surface area contributed by atoms with E-state index in [1.807, 2.05) is 0 Å². The number of tetrazole rings is 1. The molecule has 0 saturated heterocycles. The number of nitrogens with one attached hydrogen (secondary N) is 2. The number of halogens is 1. The molecule has 0 aliphatic heterocycles. The fraction of sp³-hybridized carbons (Fsp3) is 0.143. The first-order chi connectivity index (χ1) is 8.08. The Kier molecular flexibility index (Phi) is 3.06. The summed E-state index contributed by atoms with van der Waals surface area (Å²) in [7, 11) is -3.83. The van der Waals surface area contributed by atoms with Gasteiger partial charge < -0.3 is 0 Å². The number of pyridine rings is 1. The molecule has 0 aliphatic carbocycles. The van der Waals surface area contributed by atoms with Crippen LogP contribution in [0.25, 0.3) is 0 Å². The Morgan fingerprint density at radius 3 is 2.88 bits per heavy atom. The van der Waals surface area contributed by atoms with E-state index in [1.165, 1.54) is 0 Å². The summed E-state index contributed by atoms with van der Waals surface area (Å²) in [4.78, 5) is 3.19. The van der Waals surface area contributed by atoms with Crippen LogP contribution in [0.2, 0.25) is 0 Å². The Morgan fingerprint density at radius 2 is 2.24 bits per heavy atom. The van der Waals surface area contributed by atoms with Crippen LogP contribution in [0.15, 0.2) is 23.4 Å². The van der Waals surface area contributed by atoms with Gasteiger partial charge in [0.1, 0.15) is 10.7 Å². The van der Waals surface area contributed by atoms with Gasteiger partial charge in [-0.15, -0.1) is 10.2 Å². The first kappa shape index (κ1) is 11.5. The summed E-state index contributed by atoms with van der Waals surface area (Å²) in [5.41, 5.74) is 0. The lowest BCUT2D eigenvalue weighted by Crippen LogP contribution is -2.24. The minimum Gasteiger partial charge on any atom is -0.260 e. The maximum Gasteiger partial charge on any atom is 0.242 e. The first-order valence-corrected chi connectivity index (χ1v) is 5.89. The Labute approximate surface area is 95.3 Å².